The van der Waals surface area contributed by atoms with E-state index in [0.29, 0.717) is 25.3 Å². The van der Waals surface area contributed by atoms with Gasteiger partial charge in [0.1, 0.15) is 11.1 Å². The Morgan fingerprint density at radius 1 is 1.46 bits per heavy atom. The Bertz CT molecular complexity index is 873. The van der Waals surface area contributed by atoms with E-state index < -0.39 is 5.97 Å². The van der Waals surface area contributed by atoms with Crippen LogP contribution in [0.25, 0.3) is 6.08 Å². The number of thiophene rings is 1. The van der Waals surface area contributed by atoms with Gasteiger partial charge >= 0.3 is 12.1 Å². The average Bonchev–Trinajstić information content (AvgIpc) is 3.20. The van der Waals surface area contributed by atoms with E-state index in [0.717, 1.165) is 16.9 Å². The Kier molecular flexibility index (Phi) is 4.28. The molecule has 0 radical (unpaired) electrons. The van der Waals surface area contributed by atoms with Crippen molar-refractivity contribution < 1.29 is 24.2 Å². The van der Waals surface area contributed by atoms with Crippen LogP contribution >= 0.6 is 23.1 Å². The summed E-state index contributed by atoms with van der Waals surface area (Å²) in [4.78, 5) is 40.5. The fourth-order valence-electron chi connectivity index (χ4n) is 3.22. The van der Waals surface area contributed by atoms with E-state index in [4.69, 9.17) is 9.84 Å². The second-order valence-electron chi connectivity index (χ2n) is 6.04. The lowest BCUT2D eigenvalue weighted by Gasteiger charge is -2.37. The molecule has 1 N–H and O–H groups in total. The lowest BCUT2D eigenvalue weighted by molar-refractivity contribution is -0.141. The van der Waals surface area contributed by atoms with Gasteiger partial charge in [-0.15, -0.1) is 23.1 Å². The van der Waals surface area contributed by atoms with Crippen molar-refractivity contribution in [3.63, 3.8) is 0 Å². The van der Waals surface area contributed by atoms with Crippen molar-refractivity contribution >= 4 is 47.1 Å². The summed E-state index contributed by atoms with van der Waals surface area (Å²) >= 11 is 2.95. The van der Waals surface area contributed by atoms with E-state index in [1.54, 1.807) is 23.2 Å². The van der Waals surface area contributed by atoms with E-state index in [2.05, 4.69) is 0 Å². The lowest BCUT2D eigenvalue weighted by Crippen LogP contribution is -2.51. The van der Waals surface area contributed by atoms with Gasteiger partial charge in [0.05, 0.1) is 18.7 Å². The Morgan fingerprint density at radius 2 is 2.27 bits per heavy atom. The summed E-state index contributed by atoms with van der Waals surface area (Å²) in [5, 5.41) is 10.4. The molecule has 0 spiro atoms. The van der Waals surface area contributed by atoms with Crippen molar-refractivity contribution in [1.82, 2.24) is 9.80 Å². The van der Waals surface area contributed by atoms with Gasteiger partial charge in [0.25, 0.3) is 5.91 Å². The van der Waals surface area contributed by atoms with Crippen molar-refractivity contribution in [2.45, 2.75) is 25.3 Å². The number of nitrogens with zero attached hydrogens (tertiary/aromatic N) is 2. The smallest absolute Gasteiger partial charge is 0.410 e. The van der Waals surface area contributed by atoms with Crippen LogP contribution in [0.2, 0.25) is 0 Å². The average molecular weight is 392 g/mol. The summed E-state index contributed by atoms with van der Waals surface area (Å²) in [7, 11) is 0. The number of aliphatic carboxylic acids is 1. The van der Waals surface area contributed by atoms with E-state index in [9.17, 15) is 14.4 Å². The molecule has 1 fully saturated rings. The summed E-state index contributed by atoms with van der Waals surface area (Å²) in [6, 6.07) is 2.00. The molecule has 0 aliphatic carbocycles. The van der Waals surface area contributed by atoms with Crippen LogP contribution in [0.1, 0.15) is 22.2 Å². The SMILES string of the molecule is CCOC(=O)N1CCc2sc(C=C3C(=O)N4C(C(=O)O)=CSC34)cc2C1. The number of hydrogen-bond acceptors (Lipinski definition) is 6. The minimum Gasteiger partial charge on any atom is -0.477 e. The fourth-order valence-corrected chi connectivity index (χ4v) is 5.46. The zero-order valence-electron chi connectivity index (χ0n) is 13.9. The molecule has 4 rings (SSSR count). The zero-order valence-corrected chi connectivity index (χ0v) is 15.6. The topological polar surface area (TPSA) is 87.2 Å². The van der Waals surface area contributed by atoms with Gasteiger partial charge in [-0.1, -0.05) is 0 Å². The minimum atomic E-state index is -1.09. The molecule has 2 amide bonds. The van der Waals surface area contributed by atoms with Crippen LogP contribution in [-0.4, -0.2) is 51.4 Å². The third-order valence-corrected chi connectivity index (χ3v) is 6.73. The highest BCUT2D eigenvalue weighted by Crippen LogP contribution is 2.45. The normalized spacial score (nSPS) is 22.7. The number of carbonyl (C=O) groups excluding carboxylic acids is 2. The van der Waals surface area contributed by atoms with Gasteiger partial charge in [-0.25, -0.2) is 9.59 Å². The van der Waals surface area contributed by atoms with E-state index in [-0.39, 0.29) is 23.1 Å². The molecule has 0 bridgehead atoms. The Morgan fingerprint density at radius 3 is 3.00 bits per heavy atom. The maximum absolute atomic E-state index is 12.3. The molecule has 9 heteroatoms. The number of carbonyl (C=O) groups is 3. The first-order chi connectivity index (χ1) is 12.5. The van der Waals surface area contributed by atoms with Gasteiger partial charge < -0.3 is 14.7 Å². The van der Waals surface area contributed by atoms with E-state index >= 15 is 0 Å². The Labute approximate surface area is 157 Å². The maximum atomic E-state index is 12.3. The van der Waals surface area contributed by atoms with Crippen molar-refractivity contribution in [2.75, 3.05) is 13.2 Å². The maximum Gasteiger partial charge on any atom is 0.410 e. The van der Waals surface area contributed by atoms with Gasteiger partial charge in [0.2, 0.25) is 0 Å². The molecule has 1 aromatic heterocycles. The molecule has 0 saturated carbocycles. The Hall–Kier alpha value is -2.26. The number of carboxylic acids is 1. The van der Waals surface area contributed by atoms with Crippen molar-refractivity contribution in [1.29, 1.82) is 0 Å². The monoisotopic (exact) mass is 392 g/mol. The third-order valence-electron chi connectivity index (χ3n) is 4.46. The molecule has 0 aromatic carbocycles. The van der Waals surface area contributed by atoms with E-state index in [1.165, 1.54) is 26.9 Å². The first-order valence-electron chi connectivity index (χ1n) is 8.17. The van der Waals surface area contributed by atoms with Crippen molar-refractivity contribution in [2.24, 2.45) is 0 Å². The molecule has 1 aromatic rings. The number of carboxylic acid groups (broad SMARTS) is 1. The molecule has 26 heavy (non-hydrogen) atoms. The second-order valence-corrected chi connectivity index (χ2v) is 8.16. The third kappa shape index (κ3) is 2.71. The number of hydrogen-bond donors (Lipinski definition) is 1. The Balaban J connectivity index is 1.50. The van der Waals surface area contributed by atoms with Crippen LogP contribution in [-0.2, 0) is 27.3 Å². The first kappa shape index (κ1) is 17.2. The number of rotatable bonds is 3. The van der Waals surface area contributed by atoms with Gasteiger partial charge in [-0.2, -0.15) is 0 Å². The van der Waals surface area contributed by atoms with Crippen LogP contribution in [0.15, 0.2) is 22.7 Å². The molecular weight excluding hydrogens is 376 g/mol. The molecule has 1 saturated heterocycles. The summed E-state index contributed by atoms with van der Waals surface area (Å²) in [5.74, 6) is -1.34. The van der Waals surface area contributed by atoms with Gasteiger partial charge in [0, 0.05) is 21.7 Å². The van der Waals surface area contributed by atoms with Gasteiger partial charge in [-0.05, 0) is 31.1 Å². The van der Waals surface area contributed by atoms with Crippen molar-refractivity contribution in [3.8, 4) is 0 Å². The van der Waals surface area contributed by atoms with Crippen LogP contribution in [0.3, 0.4) is 0 Å². The number of amides is 2. The molecular formula is C17H16N2O5S2. The highest BCUT2D eigenvalue weighted by molar-refractivity contribution is 8.03. The van der Waals surface area contributed by atoms with Crippen LogP contribution in [0.4, 0.5) is 4.79 Å². The quantitative estimate of drug-likeness (QED) is 0.628. The molecule has 136 valence electrons. The highest BCUT2D eigenvalue weighted by atomic mass is 32.2. The first-order valence-corrected chi connectivity index (χ1v) is 9.93. The van der Waals surface area contributed by atoms with Crippen molar-refractivity contribution in [3.05, 3.63) is 38.1 Å². The largest absolute Gasteiger partial charge is 0.477 e. The summed E-state index contributed by atoms with van der Waals surface area (Å²) < 4.78 is 5.06. The van der Waals surface area contributed by atoms with Gasteiger partial charge in [-0.3, -0.25) is 9.69 Å². The van der Waals surface area contributed by atoms with Gasteiger partial charge in [0.15, 0.2) is 0 Å². The molecule has 3 aliphatic heterocycles. The summed E-state index contributed by atoms with van der Waals surface area (Å²) in [6.45, 7) is 3.27. The van der Waals surface area contributed by atoms with Crippen LogP contribution in [0.5, 0.6) is 0 Å². The number of ether oxygens (including phenoxy) is 1. The van der Waals surface area contributed by atoms with Crippen LogP contribution < -0.4 is 0 Å². The number of β-lactam (4-membered cyclic amide) rings is 1. The molecule has 7 nitrogen and oxygen atoms in total. The molecule has 1 unspecified atom stereocenters. The molecule has 1 atom stereocenters. The second kappa shape index (κ2) is 6.48. The molecule has 4 heterocycles. The predicted molar refractivity (Wildman–Crippen MR) is 97.4 cm³/mol. The number of fused-ring (bicyclic) bond motifs is 2. The standard InChI is InChI=1S/C17H16N2O5S2/c1-2-24-17(23)18-4-3-13-9(7-18)5-10(26-13)6-11-14(20)19-12(16(21)22)8-25-15(11)19/h5-6,8,15H,2-4,7H2,1H3,(H,21,22). The highest BCUT2D eigenvalue weighted by Gasteiger charge is 2.49. The summed E-state index contributed by atoms with van der Waals surface area (Å²) in [6.07, 6.45) is 2.31. The predicted octanol–water partition coefficient (Wildman–Crippen LogP) is 2.49. The lowest BCUT2D eigenvalue weighted by atomic mass is 10.0. The minimum absolute atomic E-state index is 0.0395. The zero-order chi connectivity index (χ0) is 18.4. The van der Waals surface area contributed by atoms with E-state index in [1.807, 2.05) is 12.1 Å². The number of thioether (sulfide) groups is 1. The summed E-state index contributed by atoms with van der Waals surface area (Å²) in [5.41, 5.74) is 1.73. The molecule has 3 aliphatic rings. The van der Waals surface area contributed by atoms with Crippen LogP contribution in [0, 0.1) is 0 Å². The fraction of sp³-hybridized carbons (Fsp3) is 0.353.